The number of unbranched alkanes of at least 4 members (excludes halogenated alkanes) is 10. The van der Waals surface area contributed by atoms with Gasteiger partial charge in [0.15, 0.2) is 6.17 Å². The van der Waals surface area contributed by atoms with Crippen LogP contribution in [0.15, 0.2) is 0 Å². The summed E-state index contributed by atoms with van der Waals surface area (Å²) in [5.74, 6) is 0.181. The summed E-state index contributed by atoms with van der Waals surface area (Å²) < 4.78 is 0.775. The minimum Gasteiger partial charge on any atom is -0.391 e. The summed E-state index contributed by atoms with van der Waals surface area (Å²) >= 11 is 0. The Morgan fingerprint density at radius 2 is 1.30 bits per heavy atom. The molecule has 0 aliphatic rings. The normalized spacial score (nSPS) is 12.9. The van der Waals surface area contributed by atoms with E-state index in [4.69, 9.17) is 0 Å². The molecule has 0 aliphatic heterocycles. The number of rotatable bonds is 19. The topological polar surface area (TPSA) is 49.3 Å². The van der Waals surface area contributed by atoms with E-state index in [0.29, 0.717) is 13.0 Å². The van der Waals surface area contributed by atoms with E-state index in [9.17, 15) is 9.90 Å². The molecule has 0 aromatic rings. The SMILES string of the molecule is CCCCCCCCCCCCCC(=O)NC(CC)[N+](CC)(CC)CCO. The Bertz CT molecular complexity index is 343. The molecule has 0 aromatic carbocycles. The van der Waals surface area contributed by atoms with Gasteiger partial charge in [0.2, 0.25) is 5.91 Å². The van der Waals surface area contributed by atoms with Crippen molar-refractivity contribution in [2.75, 3.05) is 26.2 Å². The monoisotopic (exact) mass is 385 g/mol. The second kappa shape index (κ2) is 17.5. The molecule has 0 saturated carbocycles. The van der Waals surface area contributed by atoms with Gasteiger partial charge in [-0.25, -0.2) is 0 Å². The Kier molecular flexibility index (Phi) is 17.1. The zero-order chi connectivity index (χ0) is 20.4. The first-order chi connectivity index (χ1) is 13.1. The summed E-state index contributed by atoms with van der Waals surface area (Å²) in [5, 5.41) is 12.7. The van der Waals surface area contributed by atoms with Crippen molar-refractivity contribution in [2.24, 2.45) is 0 Å². The predicted octanol–water partition coefficient (Wildman–Crippen LogP) is 5.39. The molecule has 0 bridgehead atoms. The van der Waals surface area contributed by atoms with Crippen molar-refractivity contribution < 1.29 is 14.4 Å². The van der Waals surface area contributed by atoms with E-state index in [1.807, 2.05) is 0 Å². The van der Waals surface area contributed by atoms with Crippen LogP contribution < -0.4 is 5.32 Å². The first-order valence-electron chi connectivity index (χ1n) is 11.9. The van der Waals surface area contributed by atoms with Crippen molar-refractivity contribution in [1.29, 1.82) is 0 Å². The summed E-state index contributed by atoms with van der Waals surface area (Å²) in [6, 6.07) is 0. The lowest BCUT2D eigenvalue weighted by molar-refractivity contribution is -0.950. The maximum atomic E-state index is 12.4. The van der Waals surface area contributed by atoms with Gasteiger partial charge in [-0.1, -0.05) is 78.1 Å². The molecule has 27 heavy (non-hydrogen) atoms. The van der Waals surface area contributed by atoms with Crippen molar-refractivity contribution in [2.45, 2.75) is 117 Å². The second-order valence-corrected chi connectivity index (χ2v) is 8.08. The molecule has 0 spiro atoms. The number of carbonyl (C=O) groups is 1. The van der Waals surface area contributed by atoms with Crippen LogP contribution in [0.1, 0.15) is 111 Å². The zero-order valence-corrected chi connectivity index (χ0v) is 18.9. The van der Waals surface area contributed by atoms with Crippen LogP contribution in [0.5, 0.6) is 0 Å². The molecular formula is C23H49N2O2+. The molecule has 0 aromatic heterocycles. The number of aliphatic hydroxyl groups is 1. The number of hydrogen-bond acceptors (Lipinski definition) is 2. The Hall–Kier alpha value is -0.610. The van der Waals surface area contributed by atoms with Gasteiger partial charge in [0.25, 0.3) is 0 Å². The number of aliphatic hydroxyl groups excluding tert-OH is 1. The fourth-order valence-corrected chi connectivity index (χ4v) is 4.17. The van der Waals surface area contributed by atoms with Crippen molar-refractivity contribution in [3.8, 4) is 0 Å². The van der Waals surface area contributed by atoms with Gasteiger partial charge >= 0.3 is 0 Å². The van der Waals surface area contributed by atoms with E-state index in [2.05, 4.69) is 33.0 Å². The molecule has 0 fully saturated rings. The lowest BCUT2D eigenvalue weighted by Crippen LogP contribution is -2.62. The molecule has 2 N–H and O–H groups in total. The minimum atomic E-state index is 0.118. The molecule has 4 heteroatoms. The predicted molar refractivity (Wildman–Crippen MR) is 117 cm³/mol. The molecule has 0 heterocycles. The van der Waals surface area contributed by atoms with Crippen LogP contribution in [0.25, 0.3) is 0 Å². The highest BCUT2D eigenvalue weighted by Crippen LogP contribution is 2.15. The molecule has 162 valence electrons. The third-order valence-corrected chi connectivity index (χ3v) is 6.19. The highest BCUT2D eigenvalue weighted by atomic mass is 16.3. The molecule has 0 aliphatic carbocycles. The first kappa shape index (κ1) is 26.4. The van der Waals surface area contributed by atoms with E-state index in [1.54, 1.807) is 0 Å². The smallest absolute Gasteiger partial charge is 0.224 e. The molecule has 4 nitrogen and oxygen atoms in total. The molecule has 1 amide bonds. The molecule has 1 unspecified atom stereocenters. The van der Waals surface area contributed by atoms with E-state index in [1.165, 1.54) is 57.8 Å². The molecule has 0 rings (SSSR count). The van der Waals surface area contributed by atoms with Crippen LogP contribution in [-0.4, -0.2) is 47.9 Å². The fourth-order valence-electron chi connectivity index (χ4n) is 4.17. The summed E-state index contributed by atoms with van der Waals surface area (Å²) in [4.78, 5) is 12.4. The Morgan fingerprint density at radius 3 is 1.70 bits per heavy atom. The average molecular weight is 386 g/mol. The van der Waals surface area contributed by atoms with Crippen LogP contribution in [0.3, 0.4) is 0 Å². The van der Waals surface area contributed by atoms with E-state index in [0.717, 1.165) is 36.8 Å². The highest BCUT2D eigenvalue weighted by Gasteiger charge is 2.33. The Balaban J connectivity index is 3.88. The summed E-state index contributed by atoms with van der Waals surface area (Å²) in [6.45, 7) is 11.5. The van der Waals surface area contributed by atoms with Crippen molar-refractivity contribution >= 4 is 5.91 Å². The van der Waals surface area contributed by atoms with Gasteiger partial charge in [0, 0.05) is 12.8 Å². The zero-order valence-electron chi connectivity index (χ0n) is 18.9. The largest absolute Gasteiger partial charge is 0.391 e. The third-order valence-electron chi connectivity index (χ3n) is 6.19. The maximum Gasteiger partial charge on any atom is 0.224 e. The lowest BCUT2D eigenvalue weighted by Gasteiger charge is -2.43. The Labute approximate surface area is 169 Å². The number of amides is 1. The van der Waals surface area contributed by atoms with Gasteiger partial charge in [-0.05, 0) is 20.3 Å². The summed E-state index contributed by atoms with van der Waals surface area (Å²) in [6.07, 6.45) is 16.0. The van der Waals surface area contributed by atoms with Crippen LogP contribution >= 0.6 is 0 Å². The highest BCUT2D eigenvalue weighted by molar-refractivity contribution is 5.75. The number of nitrogens with one attached hydrogen (secondary N) is 1. The number of hydrogen-bond donors (Lipinski definition) is 2. The van der Waals surface area contributed by atoms with Crippen LogP contribution in [0.4, 0.5) is 0 Å². The standard InChI is InChI=1S/C23H48N2O2/c1-5-9-10-11-12-13-14-15-16-17-18-19-23(27)24-22(6-2)25(7-3,8-4)20-21-26/h22,26H,5-21H2,1-4H3/p+1. The molecule has 0 saturated heterocycles. The quantitative estimate of drug-likeness (QED) is 0.178. The average Bonchev–Trinajstić information content (AvgIpc) is 2.68. The van der Waals surface area contributed by atoms with Gasteiger partial charge in [0.05, 0.1) is 19.7 Å². The van der Waals surface area contributed by atoms with Crippen LogP contribution in [0.2, 0.25) is 0 Å². The van der Waals surface area contributed by atoms with Crippen molar-refractivity contribution in [3.05, 3.63) is 0 Å². The summed E-state index contributed by atoms with van der Waals surface area (Å²) in [5.41, 5.74) is 0. The van der Waals surface area contributed by atoms with Gasteiger partial charge in [-0.15, -0.1) is 0 Å². The van der Waals surface area contributed by atoms with Crippen LogP contribution in [-0.2, 0) is 4.79 Å². The maximum absolute atomic E-state index is 12.4. The Morgan fingerprint density at radius 1 is 0.815 bits per heavy atom. The number of likely N-dealkylation sites (N-methyl/N-ethyl adjacent to an activating group) is 1. The van der Waals surface area contributed by atoms with Gasteiger partial charge in [-0.3, -0.25) is 4.79 Å². The van der Waals surface area contributed by atoms with Crippen LogP contribution in [0, 0.1) is 0 Å². The van der Waals surface area contributed by atoms with E-state index < -0.39 is 0 Å². The number of nitrogens with zero attached hydrogens (tertiary/aromatic N) is 1. The third kappa shape index (κ3) is 11.7. The number of carbonyl (C=O) groups excluding carboxylic acids is 1. The molecule has 0 radical (unpaired) electrons. The first-order valence-corrected chi connectivity index (χ1v) is 11.9. The molecular weight excluding hydrogens is 336 g/mol. The summed E-state index contributed by atoms with van der Waals surface area (Å²) in [7, 11) is 0. The molecule has 1 atom stereocenters. The van der Waals surface area contributed by atoms with Crippen molar-refractivity contribution in [3.63, 3.8) is 0 Å². The minimum absolute atomic E-state index is 0.118. The lowest BCUT2D eigenvalue weighted by atomic mass is 10.1. The van der Waals surface area contributed by atoms with Crippen molar-refractivity contribution in [1.82, 2.24) is 5.32 Å². The van der Waals surface area contributed by atoms with Gasteiger partial charge in [-0.2, -0.15) is 0 Å². The van der Waals surface area contributed by atoms with Gasteiger partial charge < -0.3 is 14.9 Å². The van der Waals surface area contributed by atoms with Gasteiger partial charge in [0.1, 0.15) is 6.54 Å². The van der Waals surface area contributed by atoms with E-state index >= 15 is 0 Å². The van der Waals surface area contributed by atoms with E-state index in [-0.39, 0.29) is 18.7 Å². The second-order valence-electron chi connectivity index (χ2n) is 8.08. The number of quaternary nitrogens is 1. The fraction of sp³-hybridized carbons (Fsp3) is 0.957.